The van der Waals surface area contributed by atoms with Crippen LogP contribution in [0.2, 0.25) is 0 Å². The Morgan fingerprint density at radius 2 is 2.33 bits per heavy atom. The van der Waals surface area contributed by atoms with Gasteiger partial charge in [0.1, 0.15) is 5.75 Å². The first-order chi connectivity index (χ1) is 7.31. The molecule has 0 bridgehead atoms. The molecular weight excluding hydrogens is 254 g/mol. The zero-order valence-electron chi connectivity index (χ0n) is 8.92. The SMILES string of the molecule is COc1ccc(C2CCCNC2)c(Br)c1. The maximum absolute atomic E-state index is 5.19. The molecule has 3 heteroatoms. The smallest absolute Gasteiger partial charge is 0.120 e. The van der Waals surface area contributed by atoms with Crippen molar-refractivity contribution >= 4 is 15.9 Å². The van der Waals surface area contributed by atoms with E-state index in [9.17, 15) is 0 Å². The van der Waals surface area contributed by atoms with E-state index in [-0.39, 0.29) is 0 Å². The summed E-state index contributed by atoms with van der Waals surface area (Å²) in [5, 5.41) is 3.44. The number of halogens is 1. The lowest BCUT2D eigenvalue weighted by molar-refractivity contribution is 0.413. The van der Waals surface area contributed by atoms with E-state index in [1.54, 1.807) is 7.11 Å². The first-order valence-corrected chi connectivity index (χ1v) is 6.14. The first-order valence-electron chi connectivity index (χ1n) is 5.35. The molecule has 1 aromatic rings. The molecule has 1 atom stereocenters. The van der Waals surface area contributed by atoms with Gasteiger partial charge in [-0.15, -0.1) is 0 Å². The fraction of sp³-hybridized carbons (Fsp3) is 0.500. The molecule has 0 saturated carbocycles. The third-order valence-corrected chi connectivity index (χ3v) is 3.63. The van der Waals surface area contributed by atoms with Crippen molar-refractivity contribution in [1.29, 1.82) is 0 Å². The van der Waals surface area contributed by atoms with Gasteiger partial charge in [0.25, 0.3) is 0 Å². The van der Waals surface area contributed by atoms with Gasteiger partial charge < -0.3 is 10.1 Å². The molecule has 0 aromatic heterocycles. The number of ether oxygens (including phenoxy) is 1. The second-order valence-corrected chi connectivity index (χ2v) is 4.79. The third-order valence-electron chi connectivity index (χ3n) is 2.94. The van der Waals surface area contributed by atoms with E-state index in [4.69, 9.17) is 4.74 Å². The van der Waals surface area contributed by atoms with Crippen LogP contribution in [-0.2, 0) is 0 Å². The molecule has 0 aliphatic carbocycles. The van der Waals surface area contributed by atoms with Crippen LogP contribution < -0.4 is 10.1 Å². The van der Waals surface area contributed by atoms with Crippen molar-refractivity contribution in [1.82, 2.24) is 5.32 Å². The summed E-state index contributed by atoms with van der Waals surface area (Å²) in [5.41, 5.74) is 1.39. The fourth-order valence-corrected chi connectivity index (χ4v) is 2.76. The van der Waals surface area contributed by atoms with E-state index in [1.807, 2.05) is 12.1 Å². The molecule has 0 radical (unpaired) electrons. The van der Waals surface area contributed by atoms with Gasteiger partial charge in [-0.2, -0.15) is 0 Å². The van der Waals surface area contributed by atoms with Gasteiger partial charge in [0.15, 0.2) is 0 Å². The highest BCUT2D eigenvalue weighted by atomic mass is 79.9. The second-order valence-electron chi connectivity index (χ2n) is 3.93. The lowest BCUT2D eigenvalue weighted by Gasteiger charge is -2.24. The van der Waals surface area contributed by atoms with E-state index in [0.29, 0.717) is 5.92 Å². The summed E-state index contributed by atoms with van der Waals surface area (Å²) >= 11 is 3.62. The van der Waals surface area contributed by atoms with Gasteiger partial charge in [0.05, 0.1) is 7.11 Å². The molecule has 1 saturated heterocycles. The first kappa shape index (κ1) is 11.0. The molecule has 1 N–H and O–H groups in total. The molecule has 1 fully saturated rings. The highest BCUT2D eigenvalue weighted by Gasteiger charge is 2.17. The third kappa shape index (κ3) is 2.52. The summed E-state index contributed by atoms with van der Waals surface area (Å²) in [6.45, 7) is 2.25. The van der Waals surface area contributed by atoms with Crippen molar-refractivity contribution in [3.8, 4) is 5.75 Å². The van der Waals surface area contributed by atoms with Crippen molar-refractivity contribution in [2.45, 2.75) is 18.8 Å². The standard InChI is InChI=1S/C12H16BrNO/c1-15-10-4-5-11(12(13)7-10)9-3-2-6-14-8-9/h4-5,7,9,14H,2-3,6,8H2,1H3. The Labute approximate surface area is 99.1 Å². The molecule has 2 nitrogen and oxygen atoms in total. The summed E-state index contributed by atoms with van der Waals surface area (Å²) in [6, 6.07) is 6.25. The quantitative estimate of drug-likeness (QED) is 0.892. The normalized spacial score (nSPS) is 21.3. The van der Waals surface area contributed by atoms with Gasteiger partial charge in [-0.3, -0.25) is 0 Å². The minimum atomic E-state index is 0.638. The van der Waals surface area contributed by atoms with E-state index >= 15 is 0 Å². The molecule has 1 aromatic carbocycles. The fourth-order valence-electron chi connectivity index (χ4n) is 2.08. The Kier molecular flexibility index (Phi) is 3.65. The van der Waals surface area contributed by atoms with Crippen LogP contribution in [0.3, 0.4) is 0 Å². The Morgan fingerprint density at radius 3 is 2.93 bits per heavy atom. The van der Waals surface area contributed by atoms with Gasteiger partial charge >= 0.3 is 0 Å². The van der Waals surface area contributed by atoms with Crippen LogP contribution in [0.1, 0.15) is 24.3 Å². The van der Waals surface area contributed by atoms with E-state index in [2.05, 4.69) is 27.3 Å². The number of rotatable bonds is 2. The van der Waals surface area contributed by atoms with E-state index in [1.165, 1.54) is 18.4 Å². The van der Waals surface area contributed by atoms with Gasteiger partial charge in [0.2, 0.25) is 0 Å². The van der Waals surface area contributed by atoms with Crippen LogP contribution in [0.25, 0.3) is 0 Å². The molecule has 1 aliphatic heterocycles. The number of benzene rings is 1. The Hall–Kier alpha value is -0.540. The van der Waals surface area contributed by atoms with E-state index < -0.39 is 0 Å². The van der Waals surface area contributed by atoms with Crippen molar-refractivity contribution < 1.29 is 4.74 Å². The molecule has 82 valence electrons. The van der Waals surface area contributed by atoms with Gasteiger partial charge in [-0.25, -0.2) is 0 Å². The number of hydrogen-bond acceptors (Lipinski definition) is 2. The van der Waals surface area contributed by atoms with Gasteiger partial charge in [-0.1, -0.05) is 22.0 Å². The zero-order chi connectivity index (χ0) is 10.7. The van der Waals surface area contributed by atoms with E-state index in [0.717, 1.165) is 23.3 Å². The summed E-state index contributed by atoms with van der Waals surface area (Å²) in [7, 11) is 1.70. The Bertz CT molecular complexity index is 334. The zero-order valence-corrected chi connectivity index (χ0v) is 10.5. The largest absolute Gasteiger partial charge is 0.497 e. The molecule has 2 rings (SSSR count). The predicted molar refractivity (Wildman–Crippen MR) is 65.5 cm³/mol. The van der Waals surface area contributed by atoms with Crippen LogP contribution in [0.4, 0.5) is 0 Å². The van der Waals surface area contributed by atoms with Crippen LogP contribution in [0.5, 0.6) is 5.75 Å². The molecule has 0 spiro atoms. The van der Waals surface area contributed by atoms with Crippen LogP contribution >= 0.6 is 15.9 Å². The number of nitrogens with one attached hydrogen (secondary N) is 1. The minimum absolute atomic E-state index is 0.638. The van der Waals surface area contributed by atoms with Crippen molar-refractivity contribution in [2.24, 2.45) is 0 Å². The van der Waals surface area contributed by atoms with Gasteiger partial charge in [-0.05, 0) is 43.0 Å². The lowest BCUT2D eigenvalue weighted by Crippen LogP contribution is -2.28. The predicted octanol–water partition coefficient (Wildman–Crippen LogP) is 2.92. The summed E-state index contributed by atoms with van der Waals surface area (Å²) in [6.07, 6.45) is 2.54. The summed E-state index contributed by atoms with van der Waals surface area (Å²) < 4.78 is 6.35. The summed E-state index contributed by atoms with van der Waals surface area (Å²) in [4.78, 5) is 0. The minimum Gasteiger partial charge on any atom is -0.497 e. The number of piperidine rings is 1. The molecule has 1 aliphatic rings. The van der Waals surface area contributed by atoms with Crippen LogP contribution in [0.15, 0.2) is 22.7 Å². The Morgan fingerprint density at radius 1 is 1.47 bits per heavy atom. The molecule has 0 amide bonds. The molecule has 1 unspecified atom stereocenters. The van der Waals surface area contributed by atoms with Crippen LogP contribution in [-0.4, -0.2) is 20.2 Å². The maximum Gasteiger partial charge on any atom is 0.120 e. The number of methoxy groups -OCH3 is 1. The maximum atomic E-state index is 5.19. The monoisotopic (exact) mass is 269 g/mol. The highest BCUT2D eigenvalue weighted by Crippen LogP contribution is 2.32. The van der Waals surface area contributed by atoms with Crippen LogP contribution in [0, 0.1) is 0 Å². The molecule has 1 heterocycles. The number of hydrogen-bond donors (Lipinski definition) is 1. The topological polar surface area (TPSA) is 21.3 Å². The second kappa shape index (κ2) is 4.99. The Balaban J connectivity index is 2.19. The average molecular weight is 270 g/mol. The lowest BCUT2D eigenvalue weighted by atomic mass is 9.92. The van der Waals surface area contributed by atoms with Gasteiger partial charge in [0, 0.05) is 11.0 Å². The highest BCUT2D eigenvalue weighted by molar-refractivity contribution is 9.10. The molecular formula is C12H16BrNO. The van der Waals surface area contributed by atoms with Crippen molar-refractivity contribution in [2.75, 3.05) is 20.2 Å². The molecule has 15 heavy (non-hydrogen) atoms. The average Bonchev–Trinajstić information content (AvgIpc) is 2.30. The van der Waals surface area contributed by atoms with Crippen molar-refractivity contribution in [3.63, 3.8) is 0 Å². The van der Waals surface area contributed by atoms with Crippen molar-refractivity contribution in [3.05, 3.63) is 28.2 Å². The summed E-state index contributed by atoms with van der Waals surface area (Å²) in [5.74, 6) is 1.55.